The molecule has 80 valence electrons. The van der Waals surface area contributed by atoms with Gasteiger partial charge in [0.25, 0.3) is 0 Å². The summed E-state index contributed by atoms with van der Waals surface area (Å²) in [6, 6.07) is -0.348. The first-order valence-electron chi connectivity index (χ1n) is 5.11. The zero-order valence-electron chi connectivity index (χ0n) is 8.67. The minimum atomic E-state index is -0.708. The largest absolute Gasteiger partial charge is 0.480 e. The van der Waals surface area contributed by atoms with Crippen molar-refractivity contribution >= 4 is 17.7 Å². The molecule has 0 aromatic rings. The Bertz CT molecular complexity index is 265. The number of rotatable bonds is 2. The van der Waals surface area contributed by atoms with E-state index in [1.807, 2.05) is 11.8 Å². The maximum atomic E-state index is 10.9. The number of hydrogen-bond donors (Lipinski definition) is 2. The second-order valence-corrected chi connectivity index (χ2v) is 6.28. The first-order chi connectivity index (χ1) is 6.47. The zero-order valence-corrected chi connectivity index (χ0v) is 9.49. The van der Waals surface area contributed by atoms with Crippen molar-refractivity contribution in [3.05, 3.63) is 0 Å². The first-order valence-corrected chi connectivity index (χ1v) is 6.10. The van der Waals surface area contributed by atoms with Crippen LogP contribution in [0, 0.1) is 5.41 Å². The third kappa shape index (κ3) is 1.54. The Morgan fingerprint density at radius 1 is 1.50 bits per heavy atom. The molecule has 2 N–H and O–H groups in total. The Kier molecular flexibility index (Phi) is 2.31. The molecule has 0 aromatic heterocycles. The van der Waals surface area contributed by atoms with Crippen molar-refractivity contribution in [2.45, 2.75) is 44.0 Å². The van der Waals surface area contributed by atoms with Gasteiger partial charge in [0, 0.05) is 0 Å². The van der Waals surface area contributed by atoms with E-state index in [0.29, 0.717) is 5.41 Å². The number of nitrogens with one attached hydrogen (secondary N) is 1. The number of carbonyl (C=O) groups is 1. The van der Waals surface area contributed by atoms with Crippen LogP contribution in [0.15, 0.2) is 0 Å². The van der Waals surface area contributed by atoms with Crippen molar-refractivity contribution in [2.75, 3.05) is 5.75 Å². The zero-order chi connectivity index (χ0) is 10.4. The summed E-state index contributed by atoms with van der Waals surface area (Å²) in [5.74, 6) is 0.247. The Hall–Kier alpha value is -0.220. The van der Waals surface area contributed by atoms with Crippen molar-refractivity contribution in [1.82, 2.24) is 5.32 Å². The monoisotopic (exact) mass is 215 g/mol. The highest BCUT2D eigenvalue weighted by atomic mass is 32.2. The molecule has 1 aliphatic carbocycles. The molecular formula is C10H17NO2S. The Balaban J connectivity index is 2.09. The van der Waals surface area contributed by atoms with E-state index in [1.165, 1.54) is 12.8 Å². The third-order valence-electron chi connectivity index (χ3n) is 3.70. The average molecular weight is 215 g/mol. The first kappa shape index (κ1) is 10.3. The van der Waals surface area contributed by atoms with Crippen LogP contribution < -0.4 is 5.32 Å². The summed E-state index contributed by atoms with van der Waals surface area (Å²) >= 11 is 1.88. The van der Waals surface area contributed by atoms with Gasteiger partial charge in [0.05, 0.1) is 4.87 Å². The maximum absolute atomic E-state index is 10.9. The summed E-state index contributed by atoms with van der Waals surface area (Å²) in [5, 5.41) is 12.3. The van der Waals surface area contributed by atoms with Crippen LogP contribution in [0.3, 0.4) is 0 Å². The van der Waals surface area contributed by atoms with Crippen LogP contribution in [-0.2, 0) is 4.79 Å². The van der Waals surface area contributed by atoms with E-state index in [9.17, 15) is 4.79 Å². The average Bonchev–Trinajstić information content (AvgIpc) is 2.85. The van der Waals surface area contributed by atoms with Gasteiger partial charge in [0.2, 0.25) is 0 Å². The van der Waals surface area contributed by atoms with Crippen molar-refractivity contribution in [3.8, 4) is 0 Å². The molecular weight excluding hydrogens is 198 g/mol. The van der Waals surface area contributed by atoms with Gasteiger partial charge in [-0.2, -0.15) is 0 Å². The summed E-state index contributed by atoms with van der Waals surface area (Å²) in [5.41, 5.74) is 0.311. The van der Waals surface area contributed by atoms with E-state index in [1.54, 1.807) is 0 Å². The molecule has 2 fully saturated rings. The van der Waals surface area contributed by atoms with E-state index in [4.69, 9.17) is 5.11 Å². The molecule has 2 rings (SSSR count). The van der Waals surface area contributed by atoms with E-state index >= 15 is 0 Å². The van der Waals surface area contributed by atoms with Crippen LogP contribution in [0.5, 0.6) is 0 Å². The smallest absolute Gasteiger partial charge is 0.320 e. The van der Waals surface area contributed by atoms with E-state index < -0.39 is 5.97 Å². The number of hydrogen-bond acceptors (Lipinski definition) is 3. The molecule has 0 spiro atoms. The van der Waals surface area contributed by atoms with Gasteiger partial charge < -0.3 is 5.11 Å². The van der Waals surface area contributed by atoms with Crippen molar-refractivity contribution in [2.24, 2.45) is 5.41 Å². The summed E-state index contributed by atoms with van der Waals surface area (Å²) in [7, 11) is 0. The van der Waals surface area contributed by atoms with Crippen LogP contribution >= 0.6 is 11.8 Å². The highest BCUT2D eigenvalue weighted by Gasteiger charge is 2.55. The molecule has 0 amide bonds. The molecule has 0 bridgehead atoms. The van der Waals surface area contributed by atoms with Gasteiger partial charge in [-0.05, 0) is 37.4 Å². The predicted molar refractivity (Wildman–Crippen MR) is 57.4 cm³/mol. The topological polar surface area (TPSA) is 49.3 Å². The molecule has 1 saturated carbocycles. The van der Waals surface area contributed by atoms with Crippen LogP contribution in [0.1, 0.15) is 33.1 Å². The Labute approximate surface area is 88.6 Å². The number of thioether (sulfide) groups is 1. The standard InChI is InChI=1S/C10H17NO2S/c1-9(4-5-9)10(2)11-7(8(12)13)3-6-14-10/h7,11H,3-6H2,1-2H3,(H,12,13). The molecule has 3 nitrogen and oxygen atoms in total. The molecule has 2 aliphatic rings. The second-order valence-electron chi connectivity index (χ2n) is 4.77. The number of aliphatic carboxylic acids is 1. The maximum Gasteiger partial charge on any atom is 0.320 e. The summed E-state index contributed by atoms with van der Waals surface area (Å²) in [6.07, 6.45) is 3.18. The van der Waals surface area contributed by atoms with Gasteiger partial charge in [-0.15, -0.1) is 11.8 Å². The fourth-order valence-corrected chi connectivity index (χ4v) is 3.57. The molecule has 0 radical (unpaired) electrons. The van der Waals surface area contributed by atoms with Crippen LogP contribution in [0.4, 0.5) is 0 Å². The molecule has 4 heteroatoms. The molecule has 1 heterocycles. The van der Waals surface area contributed by atoms with Crippen molar-refractivity contribution in [3.63, 3.8) is 0 Å². The fraction of sp³-hybridized carbons (Fsp3) is 0.900. The molecule has 2 unspecified atom stereocenters. The molecule has 0 aromatic carbocycles. The van der Waals surface area contributed by atoms with E-state index in [-0.39, 0.29) is 10.9 Å². The normalized spacial score (nSPS) is 40.6. The highest BCUT2D eigenvalue weighted by Crippen LogP contribution is 2.58. The third-order valence-corrected chi connectivity index (χ3v) is 5.32. The minimum absolute atomic E-state index is 0.0334. The fourth-order valence-electron chi connectivity index (χ4n) is 2.03. The van der Waals surface area contributed by atoms with Crippen LogP contribution in [0.2, 0.25) is 0 Å². The van der Waals surface area contributed by atoms with Crippen LogP contribution in [0.25, 0.3) is 0 Å². The lowest BCUT2D eigenvalue weighted by Gasteiger charge is -2.42. The Morgan fingerprint density at radius 2 is 2.14 bits per heavy atom. The second kappa shape index (κ2) is 3.14. The predicted octanol–water partition coefficient (Wildman–Crippen LogP) is 1.68. The minimum Gasteiger partial charge on any atom is -0.480 e. The van der Waals surface area contributed by atoms with Crippen LogP contribution in [-0.4, -0.2) is 27.7 Å². The van der Waals surface area contributed by atoms with E-state index in [2.05, 4.69) is 19.2 Å². The Morgan fingerprint density at radius 3 is 2.64 bits per heavy atom. The van der Waals surface area contributed by atoms with Crippen molar-refractivity contribution < 1.29 is 9.90 Å². The van der Waals surface area contributed by atoms with Gasteiger partial charge >= 0.3 is 5.97 Å². The number of carboxylic acid groups (broad SMARTS) is 1. The SMILES string of the molecule is CC1(C2(C)NC(C(=O)O)CCS2)CC1. The molecule has 1 saturated heterocycles. The van der Waals surface area contributed by atoms with E-state index in [0.717, 1.165) is 12.2 Å². The highest BCUT2D eigenvalue weighted by molar-refractivity contribution is 8.00. The molecule has 14 heavy (non-hydrogen) atoms. The number of carboxylic acids is 1. The molecule has 1 aliphatic heterocycles. The van der Waals surface area contributed by atoms with Gasteiger partial charge in [-0.25, -0.2) is 0 Å². The lowest BCUT2D eigenvalue weighted by molar-refractivity contribution is -0.140. The van der Waals surface area contributed by atoms with Gasteiger partial charge in [0.1, 0.15) is 6.04 Å². The summed E-state index contributed by atoms with van der Waals surface area (Å²) in [4.78, 5) is 10.9. The van der Waals surface area contributed by atoms with Gasteiger partial charge in [-0.1, -0.05) is 6.92 Å². The van der Waals surface area contributed by atoms with Crippen molar-refractivity contribution in [1.29, 1.82) is 0 Å². The van der Waals surface area contributed by atoms with Gasteiger partial charge in [0.15, 0.2) is 0 Å². The summed E-state index contributed by atoms with van der Waals surface area (Å²) in [6.45, 7) is 4.40. The lowest BCUT2D eigenvalue weighted by atomic mass is 9.98. The van der Waals surface area contributed by atoms with Gasteiger partial charge in [-0.3, -0.25) is 10.1 Å². The molecule has 2 atom stereocenters. The lowest BCUT2D eigenvalue weighted by Crippen LogP contribution is -2.56. The quantitative estimate of drug-likeness (QED) is 0.736. The summed E-state index contributed by atoms with van der Waals surface area (Å²) < 4.78 is 0.